The molecule has 13 heavy (non-hydrogen) atoms. The van der Waals surface area contributed by atoms with Crippen LogP contribution in [0, 0.1) is 18.3 Å². The van der Waals surface area contributed by atoms with Gasteiger partial charge in [-0.25, -0.2) is 4.39 Å². The second kappa shape index (κ2) is 3.85. The zero-order valence-electron chi connectivity index (χ0n) is 7.25. The molecule has 1 aromatic heterocycles. The number of pyridine rings is 1. The summed E-state index contributed by atoms with van der Waals surface area (Å²) in [5, 5.41) is 8.54. The zero-order chi connectivity index (χ0) is 9.84. The summed E-state index contributed by atoms with van der Waals surface area (Å²) in [5.74, 6) is 0. The first-order valence-corrected chi connectivity index (χ1v) is 3.87. The fourth-order valence-corrected chi connectivity index (χ4v) is 1.12. The molecule has 0 aromatic carbocycles. The quantitative estimate of drug-likeness (QED) is 0.681. The molecule has 0 fully saturated rings. The summed E-state index contributed by atoms with van der Waals surface area (Å²) in [6.45, 7) is 1.12. The van der Waals surface area contributed by atoms with Crippen molar-refractivity contribution in [1.82, 2.24) is 4.57 Å². The molecule has 0 atom stereocenters. The molecule has 1 rings (SSSR count). The summed E-state index contributed by atoms with van der Waals surface area (Å²) in [5.41, 5.74) is 0.306. The fraction of sp³-hybridized carbons (Fsp3) is 0.333. The van der Waals surface area contributed by atoms with E-state index in [0.29, 0.717) is 5.69 Å². The van der Waals surface area contributed by atoms with Gasteiger partial charge in [-0.15, -0.1) is 0 Å². The number of aromatic nitrogens is 1. The molecule has 0 aliphatic carbocycles. The van der Waals surface area contributed by atoms with Crippen molar-refractivity contribution in [3.63, 3.8) is 0 Å². The van der Waals surface area contributed by atoms with Gasteiger partial charge in [0, 0.05) is 5.69 Å². The highest BCUT2D eigenvalue weighted by Crippen LogP contribution is 1.97. The lowest BCUT2D eigenvalue weighted by molar-refractivity contribution is 0.436. The third-order valence-corrected chi connectivity index (χ3v) is 1.82. The molecular formula is C9H9FN2O. The first-order valence-electron chi connectivity index (χ1n) is 3.87. The number of rotatable bonds is 2. The van der Waals surface area contributed by atoms with Gasteiger partial charge in [-0.2, -0.15) is 5.26 Å². The van der Waals surface area contributed by atoms with E-state index in [-0.39, 0.29) is 12.1 Å². The Bertz CT molecular complexity index is 403. The average Bonchev–Trinajstić information content (AvgIpc) is 2.12. The van der Waals surface area contributed by atoms with Gasteiger partial charge in [0.15, 0.2) is 0 Å². The van der Waals surface area contributed by atoms with Gasteiger partial charge in [-0.05, 0) is 19.1 Å². The maximum Gasteiger partial charge on any atom is 0.268 e. The highest BCUT2D eigenvalue weighted by Gasteiger charge is 2.04. The zero-order valence-corrected chi connectivity index (χ0v) is 7.25. The Morgan fingerprint density at radius 1 is 1.62 bits per heavy atom. The van der Waals surface area contributed by atoms with Crippen LogP contribution in [0.4, 0.5) is 4.39 Å². The van der Waals surface area contributed by atoms with Crippen LogP contribution in [0.25, 0.3) is 0 Å². The largest absolute Gasteiger partial charge is 0.309 e. The van der Waals surface area contributed by atoms with Crippen LogP contribution in [-0.2, 0) is 6.54 Å². The van der Waals surface area contributed by atoms with Gasteiger partial charge in [0.25, 0.3) is 5.56 Å². The van der Waals surface area contributed by atoms with E-state index in [2.05, 4.69) is 0 Å². The molecule has 4 heteroatoms. The van der Waals surface area contributed by atoms with Crippen LogP contribution >= 0.6 is 0 Å². The Balaban J connectivity index is 3.32. The first-order chi connectivity index (χ1) is 6.20. The van der Waals surface area contributed by atoms with E-state index in [9.17, 15) is 9.18 Å². The Hall–Kier alpha value is -1.63. The normalized spacial score (nSPS) is 9.62. The Morgan fingerprint density at radius 2 is 2.31 bits per heavy atom. The molecule has 0 aliphatic heterocycles. The SMILES string of the molecule is Cc1ccc(C#N)c(=O)n1CCF. The van der Waals surface area contributed by atoms with Gasteiger partial charge < -0.3 is 4.57 Å². The minimum Gasteiger partial charge on any atom is -0.309 e. The minimum atomic E-state index is -0.602. The third-order valence-electron chi connectivity index (χ3n) is 1.82. The van der Waals surface area contributed by atoms with E-state index in [0.717, 1.165) is 0 Å². The van der Waals surface area contributed by atoms with Crippen molar-refractivity contribution in [1.29, 1.82) is 5.26 Å². The molecule has 0 saturated heterocycles. The summed E-state index contributed by atoms with van der Waals surface area (Å²) in [4.78, 5) is 11.4. The van der Waals surface area contributed by atoms with Crippen LogP contribution in [0.2, 0.25) is 0 Å². The topological polar surface area (TPSA) is 45.8 Å². The Morgan fingerprint density at radius 3 is 2.85 bits per heavy atom. The monoisotopic (exact) mass is 180 g/mol. The molecule has 0 amide bonds. The van der Waals surface area contributed by atoms with Crippen molar-refractivity contribution in [3.8, 4) is 6.07 Å². The maximum absolute atomic E-state index is 12.0. The van der Waals surface area contributed by atoms with E-state index in [1.165, 1.54) is 10.6 Å². The van der Waals surface area contributed by atoms with E-state index in [4.69, 9.17) is 5.26 Å². The smallest absolute Gasteiger partial charge is 0.268 e. The average molecular weight is 180 g/mol. The summed E-state index contributed by atoms with van der Waals surface area (Å²) in [7, 11) is 0. The van der Waals surface area contributed by atoms with E-state index < -0.39 is 12.2 Å². The van der Waals surface area contributed by atoms with Crippen molar-refractivity contribution in [2.75, 3.05) is 6.67 Å². The van der Waals surface area contributed by atoms with Crippen molar-refractivity contribution < 1.29 is 4.39 Å². The summed E-state index contributed by atoms with van der Waals surface area (Å²) >= 11 is 0. The standard InChI is InChI=1S/C9H9FN2O/c1-7-2-3-8(6-11)9(13)12(7)5-4-10/h2-3H,4-5H2,1H3. The molecule has 0 saturated carbocycles. The number of halogens is 1. The van der Waals surface area contributed by atoms with Crippen LogP contribution in [0.1, 0.15) is 11.3 Å². The van der Waals surface area contributed by atoms with Crippen molar-refractivity contribution in [2.24, 2.45) is 0 Å². The van der Waals surface area contributed by atoms with Gasteiger partial charge in [0.1, 0.15) is 18.3 Å². The van der Waals surface area contributed by atoms with E-state index in [1.807, 2.05) is 0 Å². The summed E-state index contributed by atoms with van der Waals surface area (Å²) in [6, 6.07) is 4.85. The molecular weight excluding hydrogens is 171 g/mol. The maximum atomic E-state index is 12.0. The second-order valence-corrected chi connectivity index (χ2v) is 2.65. The van der Waals surface area contributed by atoms with Crippen molar-refractivity contribution in [2.45, 2.75) is 13.5 Å². The second-order valence-electron chi connectivity index (χ2n) is 2.65. The fourth-order valence-electron chi connectivity index (χ4n) is 1.12. The molecule has 0 radical (unpaired) electrons. The predicted molar refractivity (Wildman–Crippen MR) is 46.1 cm³/mol. The van der Waals surface area contributed by atoms with Gasteiger partial charge in [0.2, 0.25) is 0 Å². The molecule has 0 bridgehead atoms. The molecule has 3 nitrogen and oxygen atoms in total. The van der Waals surface area contributed by atoms with Gasteiger partial charge in [0.05, 0.1) is 6.54 Å². The summed E-state index contributed by atoms with van der Waals surface area (Å²) in [6.07, 6.45) is 0. The lowest BCUT2D eigenvalue weighted by Crippen LogP contribution is -2.25. The first kappa shape index (κ1) is 9.46. The van der Waals surface area contributed by atoms with Crippen LogP contribution in [0.3, 0.4) is 0 Å². The molecule has 0 aliphatic rings. The molecule has 1 heterocycles. The molecule has 68 valence electrons. The molecule has 0 unspecified atom stereocenters. The van der Waals surface area contributed by atoms with Crippen LogP contribution < -0.4 is 5.56 Å². The van der Waals surface area contributed by atoms with Gasteiger partial charge in [-0.3, -0.25) is 4.79 Å². The molecule has 0 N–H and O–H groups in total. The van der Waals surface area contributed by atoms with E-state index >= 15 is 0 Å². The highest BCUT2D eigenvalue weighted by atomic mass is 19.1. The Labute approximate surface area is 75.0 Å². The molecule has 1 aromatic rings. The van der Waals surface area contributed by atoms with Crippen molar-refractivity contribution in [3.05, 3.63) is 33.7 Å². The van der Waals surface area contributed by atoms with Crippen LogP contribution in [0.5, 0.6) is 0 Å². The third kappa shape index (κ3) is 1.75. The Kier molecular flexibility index (Phi) is 2.80. The molecule has 0 spiro atoms. The number of aryl methyl sites for hydroxylation is 1. The van der Waals surface area contributed by atoms with Gasteiger partial charge >= 0.3 is 0 Å². The number of hydrogen-bond donors (Lipinski definition) is 0. The minimum absolute atomic E-state index is 0.0141. The van der Waals surface area contributed by atoms with Crippen molar-refractivity contribution >= 4 is 0 Å². The van der Waals surface area contributed by atoms with Crippen LogP contribution in [-0.4, -0.2) is 11.2 Å². The lowest BCUT2D eigenvalue weighted by atomic mass is 10.2. The lowest BCUT2D eigenvalue weighted by Gasteiger charge is -2.06. The highest BCUT2D eigenvalue weighted by molar-refractivity contribution is 5.27. The summed E-state index contributed by atoms with van der Waals surface area (Å²) < 4.78 is 13.3. The number of hydrogen-bond acceptors (Lipinski definition) is 2. The van der Waals surface area contributed by atoms with Crippen LogP contribution in [0.15, 0.2) is 16.9 Å². The number of alkyl halides is 1. The predicted octanol–water partition coefficient (Wildman–Crippen LogP) is 0.998. The van der Waals surface area contributed by atoms with Gasteiger partial charge in [-0.1, -0.05) is 0 Å². The van der Waals surface area contributed by atoms with E-state index in [1.54, 1.807) is 19.1 Å². The number of nitriles is 1. The number of nitrogens with zero attached hydrogens (tertiary/aromatic N) is 2.